The van der Waals surface area contributed by atoms with Gasteiger partial charge in [0.1, 0.15) is 29.4 Å². The number of unbranched alkanes of at least 4 members (excludes halogenated alkanes) is 12. The number of nitrogens with zero attached hydrogens (tertiary/aromatic N) is 2. The van der Waals surface area contributed by atoms with Crippen LogP contribution in [0.1, 0.15) is 152 Å². The lowest BCUT2D eigenvalue weighted by Gasteiger charge is -2.19. The summed E-state index contributed by atoms with van der Waals surface area (Å²) in [6, 6.07) is 6.66. The third kappa shape index (κ3) is 85.0. The molecule has 0 aliphatic heterocycles. The first-order chi connectivity index (χ1) is 39.6. The number of rotatable bonds is 54. The second-order valence-electron chi connectivity index (χ2n) is 16.9. The zero-order valence-electron chi connectivity index (χ0n) is 51.0. The van der Waals surface area contributed by atoms with Gasteiger partial charge in [0.2, 0.25) is 6.54 Å². The molecule has 18 nitrogen and oxygen atoms in total. The first-order valence-electron chi connectivity index (χ1n) is 27.6. The molecule has 0 bridgehead atoms. The molecule has 1 aromatic rings. The predicted molar refractivity (Wildman–Crippen MR) is 382 cm³/mol. The van der Waals surface area contributed by atoms with E-state index in [1.165, 1.54) is 83.5 Å². The normalized spacial score (nSPS) is 13.1. The van der Waals surface area contributed by atoms with E-state index in [9.17, 15) is 9.79 Å². The molecular weight excluding hydrogens is 1340 g/mol. The highest BCUT2D eigenvalue weighted by Crippen LogP contribution is 2.43. The summed E-state index contributed by atoms with van der Waals surface area (Å²) in [6.07, 6.45) is 20.1. The van der Waals surface area contributed by atoms with Crippen LogP contribution in [0.5, 0.6) is 0 Å². The number of methoxy groups -OCH3 is 3. The van der Waals surface area contributed by atoms with Gasteiger partial charge in [0.05, 0.1) is 33.0 Å². The van der Waals surface area contributed by atoms with Crippen molar-refractivity contribution < 1.29 is 65.3 Å². The zero-order valence-corrected chi connectivity index (χ0v) is 62.7. The minimum Gasteiger partial charge on any atom is -0.397 e. The van der Waals surface area contributed by atoms with Crippen molar-refractivity contribution in [1.29, 1.82) is 0 Å². The molecule has 0 saturated carbocycles. The summed E-state index contributed by atoms with van der Waals surface area (Å²) in [5, 5.41) is 15.2. The lowest BCUT2D eigenvalue weighted by atomic mass is 10.2. The van der Waals surface area contributed by atoms with E-state index in [0.29, 0.717) is 45.1 Å². The van der Waals surface area contributed by atoms with Crippen LogP contribution in [-0.4, -0.2) is 161 Å². The Hall–Kier alpha value is 2.96. The van der Waals surface area contributed by atoms with E-state index in [2.05, 4.69) is 56.7 Å². The van der Waals surface area contributed by atoms with Crippen molar-refractivity contribution in [3.05, 3.63) is 35.8 Å². The maximum absolute atomic E-state index is 9.37. The number of hydrogen-bond donors (Lipinski definition) is 5. The van der Waals surface area contributed by atoms with E-state index < -0.39 is 30.5 Å². The van der Waals surface area contributed by atoms with E-state index in [1.54, 1.807) is 71.4 Å². The molecule has 4 unspecified atom stereocenters. The predicted octanol–water partition coefficient (Wildman–Crippen LogP) is 17.8. The standard InChI is InChI=1S/C14H29N2O3PS2.C13H30NO3PS2.C12H20NO3PS3.C9H21O4PS3.C2H6O.CH4/c1-14(2)16-20(19-11-9-15-3)18-10-7-5-6-8-12-21-22-13-17-4;1-5-16-18(14-13(2)3)17-10-8-6-7-9-11-19-20-12-15-4;1-15-17(14,18)16-10-6-2-3-7-11-19-20-12-8-4-5-9-13-12;1-11-9-17-16-8-6-4-3-5-7-13-14(10,15)12-2;1-2-3;/h14,16H,5-13H2,1-2,4H3;13-14H,5-12H2,1-4H3;4-5,8-9H,2-3,6-7,10-11H2,1H3,(H,14,18);3-9H2,1-2H3,(H,10,15);3H,2H2,1H3;1H4. The molecule has 4 atom stereocenters. The van der Waals surface area contributed by atoms with Crippen molar-refractivity contribution in [2.24, 2.45) is 0 Å². The molecule has 32 heteroatoms. The van der Waals surface area contributed by atoms with Crippen LogP contribution in [0.4, 0.5) is 0 Å². The van der Waals surface area contributed by atoms with E-state index in [4.69, 9.17) is 76.6 Å². The van der Waals surface area contributed by atoms with Crippen molar-refractivity contribution in [2.75, 3.05) is 129 Å². The van der Waals surface area contributed by atoms with Crippen LogP contribution >= 0.6 is 117 Å². The average Bonchev–Trinajstić information content (AvgIpc) is 3.45. The lowest BCUT2D eigenvalue weighted by molar-refractivity contribution is 0.220. The molecule has 0 saturated heterocycles. The fourth-order valence-corrected chi connectivity index (χ4v) is 16.3. The molecular formula is C51H110N4O14P4S10. The second kappa shape index (κ2) is 77.4. The molecule has 498 valence electrons. The Morgan fingerprint density at radius 2 is 0.916 bits per heavy atom. The number of aliphatic hydroxyl groups is 1. The number of nitrogens with one attached hydrogen (secondary N) is 2. The highest BCUT2D eigenvalue weighted by molar-refractivity contribution is 8.77. The maximum atomic E-state index is 9.37. The average molecular weight is 1450 g/mol. The van der Waals surface area contributed by atoms with Gasteiger partial charge < -0.3 is 70.1 Å². The van der Waals surface area contributed by atoms with Gasteiger partial charge in [0, 0.05) is 83.4 Å². The molecule has 1 rings (SSSR count). The van der Waals surface area contributed by atoms with Gasteiger partial charge >= 0.3 is 13.4 Å². The lowest BCUT2D eigenvalue weighted by Crippen LogP contribution is -2.20. The first kappa shape index (κ1) is 94.7. The fraction of sp³-hybridized carbons (Fsp3) is 0.882. The van der Waals surface area contributed by atoms with Gasteiger partial charge in [-0.3, -0.25) is 0 Å². The summed E-state index contributed by atoms with van der Waals surface area (Å²) in [5.74, 6) is 6.92. The molecule has 0 amide bonds. The molecule has 0 aliphatic carbocycles. The highest BCUT2D eigenvalue weighted by atomic mass is 33.1. The molecule has 0 aromatic carbocycles. The Labute approximate surface area is 550 Å². The molecule has 1 heterocycles. The molecule has 0 fully saturated rings. The van der Waals surface area contributed by atoms with Crippen molar-refractivity contribution in [1.82, 2.24) is 15.2 Å². The molecule has 0 radical (unpaired) electrons. The van der Waals surface area contributed by atoms with Gasteiger partial charge in [-0.1, -0.05) is 140 Å². The van der Waals surface area contributed by atoms with Crippen LogP contribution in [0.25, 0.3) is 4.85 Å². The SMILES string of the molecule is C.CCO.CCOP(NC(C)C)OCCCCCCSSCOC.COCSSCCCCCCOP(O)(=S)OC.COP(O)(=S)OCCCCCCSSc1ccccn1.[C-]#[N+]CCOP(NC(C)C)OCCCCCCSSCOC. The largest absolute Gasteiger partial charge is 0.397 e. The maximum Gasteiger partial charge on any atom is 0.324 e. The van der Waals surface area contributed by atoms with E-state index in [-0.39, 0.29) is 14.0 Å². The summed E-state index contributed by atoms with van der Waals surface area (Å²) in [7, 11) is 20.4. The molecule has 1 aromatic heterocycles. The van der Waals surface area contributed by atoms with Crippen LogP contribution in [0.15, 0.2) is 29.4 Å². The quantitative estimate of drug-likeness (QED) is 0.0135. The van der Waals surface area contributed by atoms with E-state index in [1.807, 2.05) is 74.5 Å². The number of ether oxygens (including phenoxy) is 3. The summed E-state index contributed by atoms with van der Waals surface area (Å²) in [5.41, 5.74) is 0. The third-order valence-corrected chi connectivity index (χ3v) is 24.5. The van der Waals surface area contributed by atoms with Crippen LogP contribution in [-0.2, 0) is 74.0 Å². The van der Waals surface area contributed by atoms with Gasteiger partial charge in [-0.15, -0.1) is 0 Å². The van der Waals surface area contributed by atoms with Crippen LogP contribution < -0.4 is 10.2 Å². The van der Waals surface area contributed by atoms with Crippen molar-refractivity contribution in [2.45, 2.75) is 169 Å². The van der Waals surface area contributed by atoms with Gasteiger partial charge in [0.15, 0.2) is 0 Å². The molecule has 83 heavy (non-hydrogen) atoms. The number of aliphatic hydroxyl groups excluding tert-OH is 1. The Balaban J connectivity index is -0.000000320. The number of hydrogen-bond acceptors (Lipinski definition) is 25. The van der Waals surface area contributed by atoms with Crippen LogP contribution in [0.2, 0.25) is 0 Å². The minimum atomic E-state index is -2.95. The minimum absolute atomic E-state index is 0. The smallest absolute Gasteiger partial charge is 0.324 e. The molecule has 0 aliphatic rings. The second-order valence-corrected chi connectivity index (χ2v) is 35.4. The van der Waals surface area contributed by atoms with Crippen molar-refractivity contribution in [3.8, 4) is 0 Å². The summed E-state index contributed by atoms with van der Waals surface area (Å²) in [4.78, 5) is 26.2. The first-order valence-corrected chi connectivity index (χ1v) is 45.0. The van der Waals surface area contributed by atoms with E-state index >= 15 is 0 Å². The Morgan fingerprint density at radius 3 is 1.25 bits per heavy atom. The van der Waals surface area contributed by atoms with Crippen LogP contribution in [0, 0.1) is 6.57 Å². The third-order valence-electron chi connectivity index (χ3n) is 8.79. The van der Waals surface area contributed by atoms with Crippen LogP contribution in [0.3, 0.4) is 0 Å². The number of pyridine rings is 1. The monoisotopic (exact) mass is 1450 g/mol. The Kier molecular flexibility index (Phi) is 88.3. The van der Waals surface area contributed by atoms with Crippen molar-refractivity contribution in [3.63, 3.8) is 0 Å². The molecule has 5 N–H and O–H groups in total. The summed E-state index contributed by atoms with van der Waals surface area (Å²) >= 11 is 9.45. The van der Waals surface area contributed by atoms with Gasteiger partial charge in [0.25, 0.3) is 17.1 Å². The highest BCUT2D eigenvalue weighted by Gasteiger charge is 2.14. The van der Waals surface area contributed by atoms with Gasteiger partial charge in [-0.25, -0.2) is 21.7 Å². The summed E-state index contributed by atoms with van der Waals surface area (Å²) < 4.78 is 57.1. The number of aromatic nitrogens is 1. The molecule has 0 spiro atoms. The zero-order chi connectivity index (χ0) is 61.9. The van der Waals surface area contributed by atoms with Crippen molar-refractivity contribution >= 4 is 140 Å². The Bertz CT molecular complexity index is 1550. The topological polar surface area (TPSA) is 204 Å². The van der Waals surface area contributed by atoms with Gasteiger partial charge in [-0.05, 0) is 139 Å². The summed E-state index contributed by atoms with van der Waals surface area (Å²) in [6.45, 7) is 17.1. The Morgan fingerprint density at radius 1 is 0.554 bits per heavy atom. The van der Waals surface area contributed by atoms with Gasteiger partial charge in [-0.2, -0.15) is 0 Å². The fourth-order valence-electron chi connectivity index (χ4n) is 5.08. The van der Waals surface area contributed by atoms with E-state index in [0.717, 1.165) is 92.5 Å².